The van der Waals surface area contributed by atoms with Crippen molar-refractivity contribution >= 4 is 5.91 Å². The van der Waals surface area contributed by atoms with E-state index in [0.29, 0.717) is 6.61 Å². The molecule has 5 atom stereocenters. The van der Waals surface area contributed by atoms with E-state index in [0.717, 1.165) is 11.3 Å². The van der Waals surface area contributed by atoms with Gasteiger partial charge in [0.25, 0.3) is 0 Å². The molecule has 0 spiro atoms. The maximum atomic E-state index is 11.4. The van der Waals surface area contributed by atoms with Gasteiger partial charge >= 0.3 is 0 Å². The first-order chi connectivity index (χ1) is 13.0. The molecular weight excluding hydrogens is 354 g/mol. The largest absolute Gasteiger partial charge is 0.497 e. The van der Waals surface area contributed by atoms with Crippen LogP contribution in [0.3, 0.4) is 0 Å². The van der Waals surface area contributed by atoms with Gasteiger partial charge in [-0.15, -0.1) is 6.58 Å². The summed E-state index contributed by atoms with van der Waals surface area (Å²) in [6.07, 6.45) is -2.57. The molecule has 8 heteroatoms. The van der Waals surface area contributed by atoms with Gasteiger partial charge in [-0.3, -0.25) is 4.79 Å². The first-order valence-electron chi connectivity index (χ1n) is 8.68. The number of hydrogen-bond donors (Lipinski definition) is 3. The van der Waals surface area contributed by atoms with E-state index in [2.05, 4.69) is 11.9 Å². The first-order valence-corrected chi connectivity index (χ1v) is 8.68. The lowest BCUT2D eigenvalue weighted by atomic mass is 9.96. The van der Waals surface area contributed by atoms with Crippen LogP contribution in [0.5, 0.6) is 5.75 Å². The van der Waals surface area contributed by atoms with Gasteiger partial charge in [0.1, 0.15) is 30.1 Å². The molecule has 0 aromatic heterocycles. The van der Waals surface area contributed by atoms with Crippen molar-refractivity contribution in [2.45, 2.75) is 44.2 Å². The minimum atomic E-state index is -1.33. The average molecular weight is 381 g/mol. The maximum absolute atomic E-state index is 11.4. The van der Waals surface area contributed by atoms with Gasteiger partial charge in [0.05, 0.1) is 26.9 Å². The molecule has 8 nitrogen and oxygen atoms in total. The number of carbonyl (C=O) groups excluding carboxylic acids is 1. The average Bonchev–Trinajstić information content (AvgIpc) is 2.65. The van der Waals surface area contributed by atoms with Crippen molar-refractivity contribution in [1.29, 1.82) is 0 Å². The van der Waals surface area contributed by atoms with Gasteiger partial charge in [0.15, 0.2) is 6.29 Å². The zero-order chi connectivity index (χ0) is 19.8. The van der Waals surface area contributed by atoms with Gasteiger partial charge in [0.2, 0.25) is 5.91 Å². The SMILES string of the molecule is C=CCO[C@H]1[C@H](O)[C@@H](COCc2ccc(OC)cc2)O[C@@H](O)[C@@H]1NC(C)=O. The molecule has 1 heterocycles. The molecular formula is C19H27NO7. The first kappa shape index (κ1) is 21.3. The second-order valence-electron chi connectivity index (χ2n) is 6.23. The zero-order valence-electron chi connectivity index (χ0n) is 15.5. The van der Waals surface area contributed by atoms with Gasteiger partial charge in [0, 0.05) is 6.92 Å². The predicted octanol–water partition coefficient (Wildman–Crippen LogP) is 0.366. The molecule has 0 aliphatic carbocycles. The van der Waals surface area contributed by atoms with Gasteiger partial charge < -0.3 is 34.5 Å². The topological polar surface area (TPSA) is 106 Å². The van der Waals surface area contributed by atoms with E-state index in [4.69, 9.17) is 18.9 Å². The highest BCUT2D eigenvalue weighted by Crippen LogP contribution is 2.23. The summed E-state index contributed by atoms with van der Waals surface area (Å²) in [6, 6.07) is 6.50. The zero-order valence-corrected chi connectivity index (χ0v) is 15.5. The third-order valence-corrected chi connectivity index (χ3v) is 4.18. The van der Waals surface area contributed by atoms with E-state index in [1.54, 1.807) is 7.11 Å². The molecule has 1 aromatic carbocycles. The molecule has 150 valence electrons. The van der Waals surface area contributed by atoms with Crippen LogP contribution in [0.1, 0.15) is 12.5 Å². The summed E-state index contributed by atoms with van der Waals surface area (Å²) in [7, 11) is 1.59. The van der Waals surface area contributed by atoms with Crippen LogP contribution in [0, 0.1) is 0 Å². The Kier molecular flexibility index (Phi) is 8.21. The van der Waals surface area contributed by atoms with Crippen molar-refractivity contribution in [3.63, 3.8) is 0 Å². The summed E-state index contributed by atoms with van der Waals surface area (Å²) in [5, 5.41) is 23.4. The van der Waals surface area contributed by atoms with E-state index in [-0.39, 0.29) is 19.1 Å². The number of benzene rings is 1. The van der Waals surface area contributed by atoms with Crippen LogP contribution in [0.2, 0.25) is 0 Å². The molecule has 0 radical (unpaired) electrons. The Morgan fingerprint density at radius 3 is 2.63 bits per heavy atom. The molecule has 1 aliphatic rings. The molecule has 1 aliphatic heterocycles. The number of hydrogen-bond acceptors (Lipinski definition) is 7. The quantitative estimate of drug-likeness (QED) is 0.531. The Morgan fingerprint density at radius 1 is 1.33 bits per heavy atom. The molecule has 1 amide bonds. The highest BCUT2D eigenvalue weighted by atomic mass is 16.6. The van der Waals surface area contributed by atoms with Crippen LogP contribution in [0.25, 0.3) is 0 Å². The summed E-state index contributed by atoms with van der Waals surface area (Å²) in [5.74, 6) is 0.385. The van der Waals surface area contributed by atoms with Crippen molar-refractivity contribution in [3.8, 4) is 5.75 Å². The van der Waals surface area contributed by atoms with E-state index >= 15 is 0 Å². The lowest BCUT2D eigenvalue weighted by Crippen LogP contribution is -2.64. The number of rotatable bonds is 9. The van der Waals surface area contributed by atoms with Crippen molar-refractivity contribution in [3.05, 3.63) is 42.5 Å². The Hall–Kier alpha value is -1.97. The number of aliphatic hydroxyl groups excluding tert-OH is 2. The van der Waals surface area contributed by atoms with Crippen molar-refractivity contribution in [2.24, 2.45) is 0 Å². The Bertz CT molecular complexity index is 607. The summed E-state index contributed by atoms with van der Waals surface area (Å²) < 4.78 is 21.7. The number of nitrogens with one attached hydrogen (secondary N) is 1. The lowest BCUT2D eigenvalue weighted by Gasteiger charge is -2.42. The molecule has 3 N–H and O–H groups in total. The Balaban J connectivity index is 1.95. The molecule has 2 rings (SSSR count). The Labute approximate surface area is 158 Å². The summed E-state index contributed by atoms with van der Waals surface area (Å²) in [5.41, 5.74) is 0.928. The highest BCUT2D eigenvalue weighted by molar-refractivity contribution is 5.73. The van der Waals surface area contributed by atoms with E-state index in [1.165, 1.54) is 13.0 Å². The van der Waals surface area contributed by atoms with Crippen LogP contribution in [-0.2, 0) is 25.6 Å². The maximum Gasteiger partial charge on any atom is 0.217 e. The lowest BCUT2D eigenvalue weighted by molar-refractivity contribution is -0.263. The smallest absolute Gasteiger partial charge is 0.217 e. The van der Waals surface area contributed by atoms with Crippen LogP contribution < -0.4 is 10.1 Å². The van der Waals surface area contributed by atoms with Crippen molar-refractivity contribution in [1.82, 2.24) is 5.32 Å². The summed E-state index contributed by atoms with van der Waals surface area (Å²) in [4.78, 5) is 11.4. The minimum Gasteiger partial charge on any atom is -0.497 e. The Morgan fingerprint density at radius 2 is 2.04 bits per heavy atom. The van der Waals surface area contributed by atoms with Gasteiger partial charge in [-0.2, -0.15) is 0 Å². The third-order valence-electron chi connectivity index (χ3n) is 4.18. The van der Waals surface area contributed by atoms with Gasteiger partial charge in [-0.05, 0) is 17.7 Å². The van der Waals surface area contributed by atoms with Crippen LogP contribution >= 0.6 is 0 Å². The molecule has 27 heavy (non-hydrogen) atoms. The normalized spacial score (nSPS) is 27.8. The number of ether oxygens (including phenoxy) is 4. The molecule has 1 aromatic rings. The molecule has 0 bridgehead atoms. The fourth-order valence-corrected chi connectivity index (χ4v) is 2.85. The minimum absolute atomic E-state index is 0.0466. The number of aliphatic hydroxyl groups is 2. The number of methoxy groups -OCH3 is 1. The van der Waals surface area contributed by atoms with Crippen molar-refractivity contribution < 1.29 is 34.0 Å². The molecule has 1 fully saturated rings. The monoisotopic (exact) mass is 381 g/mol. The van der Waals surface area contributed by atoms with E-state index in [9.17, 15) is 15.0 Å². The van der Waals surface area contributed by atoms with Crippen molar-refractivity contribution in [2.75, 3.05) is 20.3 Å². The van der Waals surface area contributed by atoms with Crippen LogP contribution in [0.15, 0.2) is 36.9 Å². The third kappa shape index (κ3) is 6.02. The van der Waals surface area contributed by atoms with Crippen LogP contribution in [-0.4, -0.2) is 67.1 Å². The van der Waals surface area contributed by atoms with E-state index < -0.39 is 30.6 Å². The van der Waals surface area contributed by atoms with E-state index in [1.807, 2.05) is 24.3 Å². The standard InChI is InChI=1S/C19H27NO7/c1-4-9-26-18-16(20-12(2)21)19(23)27-15(17(18)22)11-25-10-13-5-7-14(24-3)8-6-13/h4-8,15-19,22-23H,1,9-11H2,2-3H3,(H,20,21)/t15-,16-,17-,18-,19-/m1/s1. The van der Waals surface area contributed by atoms with Gasteiger partial charge in [-0.25, -0.2) is 0 Å². The second-order valence-corrected chi connectivity index (χ2v) is 6.23. The number of carbonyl (C=O) groups is 1. The molecule has 0 saturated carbocycles. The number of amides is 1. The summed E-state index contributed by atoms with van der Waals surface area (Å²) in [6.45, 7) is 5.39. The molecule has 0 unspecified atom stereocenters. The van der Waals surface area contributed by atoms with Gasteiger partial charge in [-0.1, -0.05) is 18.2 Å². The fraction of sp³-hybridized carbons (Fsp3) is 0.526. The fourth-order valence-electron chi connectivity index (χ4n) is 2.85. The highest BCUT2D eigenvalue weighted by Gasteiger charge is 2.45. The summed E-state index contributed by atoms with van der Waals surface area (Å²) >= 11 is 0. The second kappa shape index (κ2) is 10.4. The molecule has 1 saturated heterocycles. The van der Waals surface area contributed by atoms with Crippen LogP contribution in [0.4, 0.5) is 0 Å². The predicted molar refractivity (Wildman–Crippen MR) is 97.1 cm³/mol.